The molecule has 0 bridgehead atoms. The summed E-state index contributed by atoms with van der Waals surface area (Å²) in [7, 11) is -1.68. The lowest BCUT2D eigenvalue weighted by molar-refractivity contribution is 0.0565. The van der Waals surface area contributed by atoms with Crippen molar-refractivity contribution in [1.29, 1.82) is 0 Å². The largest absolute Gasteiger partial charge is 0.378 e. The normalized spacial score (nSPS) is 19.5. The molecule has 9 heteroatoms. The number of carbonyl (C=O) groups is 1. The van der Waals surface area contributed by atoms with Crippen molar-refractivity contribution in [2.45, 2.75) is 43.1 Å². The van der Waals surface area contributed by atoms with Gasteiger partial charge in [0.2, 0.25) is 10.0 Å². The van der Waals surface area contributed by atoms with E-state index in [0.29, 0.717) is 51.9 Å². The van der Waals surface area contributed by atoms with Crippen LogP contribution in [0.1, 0.15) is 42.5 Å². The van der Waals surface area contributed by atoms with Gasteiger partial charge in [-0.15, -0.1) is 0 Å². The van der Waals surface area contributed by atoms with Crippen LogP contribution in [0.3, 0.4) is 0 Å². The number of sulfonamides is 1. The second-order valence-corrected chi connectivity index (χ2v) is 10.1. The molecule has 0 unspecified atom stereocenters. The van der Waals surface area contributed by atoms with Gasteiger partial charge in [-0.3, -0.25) is 4.79 Å². The molecule has 0 radical (unpaired) electrons. The Balaban J connectivity index is 1.57. The van der Waals surface area contributed by atoms with Crippen molar-refractivity contribution >= 4 is 27.5 Å². The Morgan fingerprint density at radius 1 is 1.21 bits per heavy atom. The lowest BCUT2D eigenvalue weighted by atomic mass is 10.2. The third-order valence-electron chi connectivity index (χ3n) is 5.54. The van der Waals surface area contributed by atoms with Crippen LogP contribution in [0.15, 0.2) is 23.1 Å². The number of benzene rings is 1. The molecular weight excluding hydrogens is 414 g/mol. The number of piperazine rings is 1. The van der Waals surface area contributed by atoms with Gasteiger partial charge in [-0.1, -0.05) is 24.4 Å². The van der Waals surface area contributed by atoms with E-state index in [0.717, 1.165) is 12.8 Å². The molecule has 1 saturated carbocycles. The van der Waals surface area contributed by atoms with Crippen molar-refractivity contribution in [2.75, 3.05) is 46.4 Å². The fourth-order valence-electron chi connectivity index (χ4n) is 3.69. The van der Waals surface area contributed by atoms with Crippen molar-refractivity contribution in [1.82, 2.24) is 14.5 Å². The third kappa shape index (κ3) is 5.92. The third-order valence-corrected chi connectivity index (χ3v) is 7.77. The zero-order valence-electron chi connectivity index (χ0n) is 16.9. The van der Waals surface area contributed by atoms with Gasteiger partial charge in [-0.25, -0.2) is 8.42 Å². The van der Waals surface area contributed by atoms with Gasteiger partial charge >= 0.3 is 0 Å². The quantitative estimate of drug-likeness (QED) is 0.624. The second-order valence-electron chi connectivity index (χ2n) is 7.74. The van der Waals surface area contributed by atoms with Gasteiger partial charge in [0, 0.05) is 39.3 Å². The van der Waals surface area contributed by atoms with Crippen molar-refractivity contribution in [3.05, 3.63) is 28.8 Å². The number of amides is 1. The summed E-state index contributed by atoms with van der Waals surface area (Å²) >= 11 is 6.17. The summed E-state index contributed by atoms with van der Waals surface area (Å²) in [5, 5.41) is 3.05. The van der Waals surface area contributed by atoms with Gasteiger partial charge in [0.25, 0.3) is 5.91 Å². The number of hydrogen-bond donors (Lipinski definition) is 1. The van der Waals surface area contributed by atoms with Crippen LogP contribution in [0.25, 0.3) is 0 Å². The molecule has 1 aliphatic heterocycles. The van der Waals surface area contributed by atoms with Crippen LogP contribution in [0.2, 0.25) is 5.02 Å². The molecule has 29 heavy (non-hydrogen) atoms. The zero-order chi connectivity index (χ0) is 20.9. The first-order valence-corrected chi connectivity index (χ1v) is 12.1. The molecule has 162 valence electrons. The van der Waals surface area contributed by atoms with Gasteiger partial charge in [0.05, 0.1) is 21.6 Å². The standard InChI is InChI=1S/C20H30ClN3O4S/c1-23-10-12-24(13-11-23)29(26,27)17-7-8-19(21)18(15-17)20(25)22-9-4-14-28-16-5-2-3-6-16/h7-8,15-16H,2-6,9-14H2,1H3,(H,22,25). The minimum Gasteiger partial charge on any atom is -0.378 e. The molecule has 0 spiro atoms. The van der Waals surface area contributed by atoms with E-state index in [1.165, 1.54) is 35.3 Å². The summed E-state index contributed by atoms with van der Waals surface area (Å²) in [6.07, 6.45) is 5.77. The predicted molar refractivity (Wildman–Crippen MR) is 113 cm³/mol. The maximum atomic E-state index is 12.9. The number of nitrogens with zero attached hydrogens (tertiary/aromatic N) is 2. The Morgan fingerprint density at radius 2 is 1.90 bits per heavy atom. The van der Waals surface area contributed by atoms with Gasteiger partial charge in [0.15, 0.2) is 0 Å². The van der Waals surface area contributed by atoms with Gasteiger partial charge in [0.1, 0.15) is 0 Å². The van der Waals surface area contributed by atoms with E-state index in [1.807, 2.05) is 7.05 Å². The molecule has 1 amide bonds. The summed E-state index contributed by atoms with van der Waals surface area (Å²) in [6.45, 7) is 3.30. The Hall–Kier alpha value is -1.19. The van der Waals surface area contributed by atoms with Crippen LogP contribution in [-0.4, -0.2) is 76.0 Å². The number of hydrogen-bond acceptors (Lipinski definition) is 5. The highest BCUT2D eigenvalue weighted by atomic mass is 35.5. The van der Waals surface area contributed by atoms with E-state index >= 15 is 0 Å². The molecular formula is C20H30ClN3O4S. The molecule has 3 rings (SSSR count). The summed E-state index contributed by atoms with van der Waals surface area (Å²) in [5.74, 6) is -0.369. The Kier molecular flexibility index (Phi) is 7.92. The predicted octanol–water partition coefficient (Wildman–Crippen LogP) is 2.36. The molecule has 1 aromatic rings. The Labute approximate surface area is 178 Å². The molecule has 1 saturated heterocycles. The molecule has 1 heterocycles. The maximum Gasteiger partial charge on any atom is 0.252 e. The molecule has 2 aliphatic rings. The van der Waals surface area contributed by atoms with Crippen LogP contribution < -0.4 is 5.32 Å². The number of halogens is 1. The smallest absolute Gasteiger partial charge is 0.252 e. The monoisotopic (exact) mass is 443 g/mol. The molecule has 1 aliphatic carbocycles. The second kappa shape index (κ2) is 10.2. The van der Waals surface area contributed by atoms with Crippen molar-refractivity contribution in [3.63, 3.8) is 0 Å². The average molecular weight is 444 g/mol. The first-order chi connectivity index (χ1) is 13.9. The lowest BCUT2D eigenvalue weighted by Crippen LogP contribution is -2.47. The Morgan fingerprint density at radius 3 is 2.59 bits per heavy atom. The van der Waals surface area contributed by atoms with Crippen LogP contribution in [0, 0.1) is 0 Å². The summed E-state index contributed by atoms with van der Waals surface area (Å²) < 4.78 is 33.1. The molecule has 0 atom stereocenters. The first-order valence-electron chi connectivity index (χ1n) is 10.3. The molecule has 1 aromatic carbocycles. The SMILES string of the molecule is CN1CCN(S(=O)(=O)c2ccc(Cl)c(C(=O)NCCCOC3CCCC3)c2)CC1. The zero-order valence-corrected chi connectivity index (χ0v) is 18.5. The summed E-state index contributed by atoms with van der Waals surface area (Å²) in [6, 6.07) is 4.31. The van der Waals surface area contributed by atoms with Crippen LogP contribution in [0.4, 0.5) is 0 Å². The fraction of sp³-hybridized carbons (Fsp3) is 0.650. The van der Waals surface area contributed by atoms with E-state index in [1.54, 1.807) is 0 Å². The maximum absolute atomic E-state index is 12.9. The van der Waals surface area contributed by atoms with Crippen LogP contribution in [-0.2, 0) is 14.8 Å². The minimum atomic E-state index is -3.65. The van der Waals surface area contributed by atoms with Gasteiger partial charge in [-0.05, 0) is 44.5 Å². The number of carbonyl (C=O) groups excluding carboxylic acids is 1. The average Bonchev–Trinajstić information content (AvgIpc) is 3.21. The first kappa shape index (κ1) is 22.5. The van der Waals surface area contributed by atoms with Gasteiger partial charge < -0.3 is 15.0 Å². The van der Waals surface area contributed by atoms with Crippen molar-refractivity contribution in [3.8, 4) is 0 Å². The van der Waals surface area contributed by atoms with Gasteiger partial charge in [-0.2, -0.15) is 4.31 Å². The minimum absolute atomic E-state index is 0.0983. The number of rotatable bonds is 8. The fourth-order valence-corrected chi connectivity index (χ4v) is 5.34. The molecule has 0 aromatic heterocycles. The summed E-state index contributed by atoms with van der Waals surface area (Å²) in [4.78, 5) is 14.7. The number of nitrogens with one attached hydrogen (secondary N) is 1. The van der Waals surface area contributed by atoms with E-state index in [2.05, 4.69) is 10.2 Å². The summed E-state index contributed by atoms with van der Waals surface area (Å²) in [5.41, 5.74) is 0.179. The number of likely N-dealkylation sites (N-methyl/N-ethyl adjacent to an activating group) is 1. The molecule has 2 fully saturated rings. The Bertz CT molecular complexity index is 804. The molecule has 1 N–H and O–H groups in total. The van der Waals surface area contributed by atoms with E-state index in [-0.39, 0.29) is 21.4 Å². The van der Waals surface area contributed by atoms with Crippen LogP contribution >= 0.6 is 11.6 Å². The van der Waals surface area contributed by atoms with Crippen molar-refractivity contribution < 1.29 is 17.9 Å². The highest BCUT2D eigenvalue weighted by Gasteiger charge is 2.28. The topological polar surface area (TPSA) is 79.0 Å². The lowest BCUT2D eigenvalue weighted by Gasteiger charge is -2.31. The highest BCUT2D eigenvalue weighted by molar-refractivity contribution is 7.89. The van der Waals surface area contributed by atoms with Crippen LogP contribution in [0.5, 0.6) is 0 Å². The van der Waals surface area contributed by atoms with Crippen molar-refractivity contribution in [2.24, 2.45) is 0 Å². The molecule has 7 nitrogen and oxygen atoms in total. The van der Waals surface area contributed by atoms with E-state index < -0.39 is 10.0 Å². The number of ether oxygens (including phenoxy) is 1. The van der Waals surface area contributed by atoms with E-state index in [9.17, 15) is 13.2 Å². The van der Waals surface area contributed by atoms with E-state index in [4.69, 9.17) is 16.3 Å². The highest BCUT2D eigenvalue weighted by Crippen LogP contribution is 2.24.